The third-order valence-corrected chi connectivity index (χ3v) is 1.53. The molecule has 2 nitrogen and oxygen atoms in total. The van der Waals surface area contributed by atoms with Crippen molar-refractivity contribution in [1.82, 2.24) is 0 Å². The molecule has 92 valence electrons. The van der Waals surface area contributed by atoms with Crippen molar-refractivity contribution in [3.8, 4) is 5.75 Å². The highest BCUT2D eigenvalue weighted by Crippen LogP contribution is 2.28. The highest BCUT2D eigenvalue weighted by molar-refractivity contribution is 5.85. The van der Waals surface area contributed by atoms with Gasteiger partial charge < -0.3 is 10.5 Å². The highest BCUT2D eigenvalue weighted by atomic mass is 35.5. The van der Waals surface area contributed by atoms with Crippen LogP contribution in [0.2, 0.25) is 0 Å². The summed E-state index contributed by atoms with van der Waals surface area (Å²) < 4.78 is 67.6. The predicted molar refractivity (Wildman–Crippen MR) is 48.0 cm³/mol. The van der Waals surface area contributed by atoms with Gasteiger partial charge in [0.1, 0.15) is 6.61 Å². The van der Waals surface area contributed by atoms with Gasteiger partial charge in [0.2, 0.25) is 29.1 Å². The summed E-state index contributed by atoms with van der Waals surface area (Å²) in [6.45, 7) is -0.460. The monoisotopic (exact) mass is 263 g/mol. The van der Waals surface area contributed by atoms with Gasteiger partial charge in [-0.2, -0.15) is 8.78 Å². The summed E-state index contributed by atoms with van der Waals surface area (Å²) in [5.74, 6) is -11.6. The third-order valence-electron chi connectivity index (χ3n) is 1.53. The van der Waals surface area contributed by atoms with Crippen LogP contribution in [0.5, 0.6) is 5.75 Å². The zero-order chi connectivity index (χ0) is 11.6. The van der Waals surface area contributed by atoms with Gasteiger partial charge in [-0.25, -0.2) is 13.2 Å². The van der Waals surface area contributed by atoms with E-state index < -0.39 is 34.8 Å². The van der Waals surface area contributed by atoms with Gasteiger partial charge in [0.15, 0.2) is 5.75 Å². The normalized spacial score (nSPS) is 9.88. The van der Waals surface area contributed by atoms with E-state index in [1.807, 2.05) is 0 Å². The van der Waals surface area contributed by atoms with Crippen molar-refractivity contribution in [2.75, 3.05) is 13.2 Å². The number of rotatable bonds is 3. The molecule has 16 heavy (non-hydrogen) atoms. The summed E-state index contributed by atoms with van der Waals surface area (Å²) >= 11 is 0. The average Bonchev–Trinajstić information content (AvgIpc) is 2.24. The van der Waals surface area contributed by atoms with Gasteiger partial charge in [-0.3, -0.25) is 0 Å². The molecule has 1 aromatic rings. The largest absolute Gasteiger partial charge is 0.486 e. The number of hydrogen-bond donors (Lipinski definition) is 1. The Kier molecular flexibility index (Phi) is 5.46. The Labute approximate surface area is 93.6 Å². The van der Waals surface area contributed by atoms with Crippen LogP contribution in [-0.4, -0.2) is 13.2 Å². The summed E-state index contributed by atoms with van der Waals surface area (Å²) in [5.41, 5.74) is 4.95. The van der Waals surface area contributed by atoms with Crippen LogP contribution >= 0.6 is 12.4 Å². The van der Waals surface area contributed by atoms with E-state index >= 15 is 0 Å². The second-order valence-electron chi connectivity index (χ2n) is 2.54. The molecule has 0 bridgehead atoms. The molecule has 0 amide bonds. The minimum absolute atomic E-state index is 0. The second kappa shape index (κ2) is 5.86. The first-order valence-corrected chi connectivity index (χ1v) is 3.85. The zero-order valence-corrected chi connectivity index (χ0v) is 8.51. The lowest BCUT2D eigenvalue weighted by molar-refractivity contribution is 0.269. The van der Waals surface area contributed by atoms with Crippen LogP contribution in [0.4, 0.5) is 22.0 Å². The van der Waals surface area contributed by atoms with E-state index in [4.69, 9.17) is 5.73 Å². The van der Waals surface area contributed by atoms with Crippen molar-refractivity contribution in [2.24, 2.45) is 5.73 Å². The van der Waals surface area contributed by atoms with E-state index in [0.29, 0.717) is 0 Å². The van der Waals surface area contributed by atoms with E-state index in [0.717, 1.165) is 0 Å². The minimum Gasteiger partial charge on any atom is -0.486 e. The van der Waals surface area contributed by atoms with Crippen molar-refractivity contribution in [3.63, 3.8) is 0 Å². The smallest absolute Gasteiger partial charge is 0.206 e. The highest BCUT2D eigenvalue weighted by Gasteiger charge is 2.26. The van der Waals surface area contributed by atoms with Gasteiger partial charge in [0.05, 0.1) is 0 Å². The molecule has 1 aromatic carbocycles. The lowest BCUT2D eigenvalue weighted by atomic mass is 10.2. The molecule has 0 aliphatic heterocycles. The van der Waals surface area contributed by atoms with Crippen LogP contribution in [0.3, 0.4) is 0 Å². The Balaban J connectivity index is 0.00000225. The molecule has 0 unspecified atom stereocenters. The van der Waals surface area contributed by atoms with Crippen molar-refractivity contribution in [3.05, 3.63) is 29.1 Å². The van der Waals surface area contributed by atoms with Gasteiger partial charge >= 0.3 is 0 Å². The van der Waals surface area contributed by atoms with Crippen molar-refractivity contribution < 1.29 is 26.7 Å². The van der Waals surface area contributed by atoms with Crippen LogP contribution in [0.15, 0.2) is 0 Å². The van der Waals surface area contributed by atoms with Gasteiger partial charge in [-0.15, -0.1) is 12.4 Å². The maximum absolute atomic E-state index is 12.8. The van der Waals surface area contributed by atoms with Crippen LogP contribution < -0.4 is 10.5 Å². The molecule has 0 spiro atoms. The fourth-order valence-corrected chi connectivity index (χ4v) is 0.872. The summed E-state index contributed by atoms with van der Waals surface area (Å²) in [4.78, 5) is 0. The average molecular weight is 264 g/mol. The van der Waals surface area contributed by atoms with E-state index in [1.54, 1.807) is 0 Å². The maximum atomic E-state index is 12.8. The fraction of sp³-hybridized carbons (Fsp3) is 0.250. The molecule has 0 fully saturated rings. The van der Waals surface area contributed by atoms with Crippen molar-refractivity contribution in [1.29, 1.82) is 0 Å². The van der Waals surface area contributed by atoms with E-state index in [1.165, 1.54) is 0 Å². The lowest BCUT2D eigenvalue weighted by Crippen LogP contribution is -2.14. The van der Waals surface area contributed by atoms with E-state index in [9.17, 15) is 22.0 Å². The molecule has 0 saturated carbocycles. The molecule has 0 saturated heterocycles. The van der Waals surface area contributed by atoms with Gasteiger partial charge in [0, 0.05) is 6.54 Å². The molecule has 0 heterocycles. The molecular weight excluding hydrogens is 257 g/mol. The number of nitrogens with two attached hydrogens (primary N) is 1. The number of benzene rings is 1. The Bertz CT molecular complexity index is 358. The topological polar surface area (TPSA) is 35.2 Å². The fourth-order valence-electron chi connectivity index (χ4n) is 0.872. The Morgan fingerprint density at radius 2 is 1.19 bits per heavy atom. The van der Waals surface area contributed by atoms with Crippen LogP contribution in [0.25, 0.3) is 0 Å². The Hall–Kier alpha value is -1.08. The quantitative estimate of drug-likeness (QED) is 0.515. The third kappa shape index (κ3) is 2.53. The SMILES string of the molecule is Cl.NCCOc1c(F)c(F)c(F)c(F)c1F. The summed E-state index contributed by atoms with van der Waals surface area (Å²) in [6, 6.07) is 0. The van der Waals surface area contributed by atoms with Gasteiger partial charge in [-0.05, 0) is 0 Å². The molecule has 0 aliphatic rings. The molecular formula is C8H7ClF5NO. The Morgan fingerprint density at radius 1 is 0.812 bits per heavy atom. The first-order chi connectivity index (χ1) is 7.00. The maximum Gasteiger partial charge on any atom is 0.206 e. The molecule has 0 radical (unpaired) electrons. The first kappa shape index (κ1) is 14.9. The van der Waals surface area contributed by atoms with Crippen LogP contribution in [0.1, 0.15) is 0 Å². The molecule has 1 rings (SSSR count). The van der Waals surface area contributed by atoms with Crippen LogP contribution in [-0.2, 0) is 0 Å². The predicted octanol–water partition coefficient (Wildman–Crippen LogP) is 2.14. The van der Waals surface area contributed by atoms with E-state index in [2.05, 4.69) is 4.74 Å². The first-order valence-electron chi connectivity index (χ1n) is 3.85. The molecule has 0 atom stereocenters. The second-order valence-corrected chi connectivity index (χ2v) is 2.54. The summed E-state index contributed by atoms with van der Waals surface area (Å²) in [6.07, 6.45) is 0. The lowest BCUT2D eigenvalue weighted by Gasteiger charge is -2.08. The molecule has 8 heteroatoms. The molecule has 2 N–H and O–H groups in total. The van der Waals surface area contributed by atoms with Gasteiger partial charge in [0.25, 0.3) is 0 Å². The van der Waals surface area contributed by atoms with Crippen LogP contribution in [0, 0.1) is 29.1 Å². The van der Waals surface area contributed by atoms with Crippen molar-refractivity contribution >= 4 is 12.4 Å². The van der Waals surface area contributed by atoms with Crippen molar-refractivity contribution in [2.45, 2.75) is 0 Å². The molecule has 0 aliphatic carbocycles. The summed E-state index contributed by atoms with van der Waals surface area (Å²) in [5, 5.41) is 0. The minimum atomic E-state index is -2.22. The molecule has 0 aromatic heterocycles. The van der Waals surface area contributed by atoms with E-state index in [-0.39, 0.29) is 25.6 Å². The zero-order valence-electron chi connectivity index (χ0n) is 7.70. The number of halogens is 6. The summed E-state index contributed by atoms with van der Waals surface area (Å²) in [7, 11) is 0. The Morgan fingerprint density at radius 3 is 1.56 bits per heavy atom. The number of hydrogen-bond acceptors (Lipinski definition) is 2. The standard InChI is InChI=1S/C8H6F5NO.ClH/c9-3-4(10)6(12)8(15-2-1-14)7(13)5(3)11;/h1-2,14H2;1H. The van der Waals surface area contributed by atoms with Gasteiger partial charge in [-0.1, -0.05) is 0 Å². The number of ether oxygens (including phenoxy) is 1.